The Labute approximate surface area is 143 Å². The molecule has 1 fully saturated rings. The molecular weight excluding hydrogens is 340 g/mol. The van der Waals surface area contributed by atoms with Gasteiger partial charge in [0.2, 0.25) is 10.0 Å². The summed E-state index contributed by atoms with van der Waals surface area (Å²) in [5, 5.41) is 0. The van der Waals surface area contributed by atoms with Crippen LogP contribution in [0.5, 0.6) is 0 Å². The molecule has 0 amide bonds. The summed E-state index contributed by atoms with van der Waals surface area (Å²) in [5.41, 5.74) is 6.10. The molecule has 0 aliphatic carbocycles. The van der Waals surface area contributed by atoms with Crippen LogP contribution in [0.3, 0.4) is 0 Å². The Kier molecular flexibility index (Phi) is 7.01. The normalized spacial score (nSPS) is 22.2. The number of benzene rings is 1. The van der Waals surface area contributed by atoms with E-state index in [9.17, 15) is 13.2 Å². The van der Waals surface area contributed by atoms with Gasteiger partial charge in [0.05, 0.1) is 17.6 Å². The van der Waals surface area contributed by atoms with Gasteiger partial charge in [-0.05, 0) is 43.0 Å². The Morgan fingerprint density at radius 3 is 2.48 bits per heavy atom. The van der Waals surface area contributed by atoms with Crippen molar-refractivity contribution in [3.05, 3.63) is 29.8 Å². The fourth-order valence-corrected chi connectivity index (χ4v) is 4.65. The summed E-state index contributed by atoms with van der Waals surface area (Å²) < 4.78 is 31.7. The number of ether oxygens (including phenoxy) is 1. The number of nitrogens with zero attached hydrogens (tertiary/aromatic N) is 1. The van der Waals surface area contributed by atoms with Gasteiger partial charge in [0.15, 0.2) is 0 Å². The Bertz CT molecular complexity index is 633. The summed E-state index contributed by atoms with van der Waals surface area (Å²) in [7, 11) is -2.32. The zero-order valence-corrected chi connectivity index (χ0v) is 14.9. The van der Waals surface area contributed by atoms with Gasteiger partial charge in [0.1, 0.15) is 0 Å². The van der Waals surface area contributed by atoms with E-state index in [1.807, 2.05) is 6.92 Å². The summed E-state index contributed by atoms with van der Waals surface area (Å²) in [6.07, 6.45) is 1.81. The second-order valence-electron chi connectivity index (χ2n) is 5.55. The van der Waals surface area contributed by atoms with Crippen LogP contribution in [-0.2, 0) is 14.8 Å². The number of carbonyl (C=O) groups is 1. The minimum Gasteiger partial charge on any atom is -0.465 e. The second kappa shape index (κ2) is 8.10. The summed E-state index contributed by atoms with van der Waals surface area (Å²) in [5.74, 6) is -0.252. The standard InChI is InChI=1S/C15H22N2O4S.ClH/c1-11-4-3-9-17(14(11)10-16)22(19,20)13-7-5-12(6-8-13)15(18)21-2;/h5-8,11,14H,3-4,9-10,16H2,1-2H3;1H. The zero-order valence-electron chi connectivity index (χ0n) is 13.3. The SMILES string of the molecule is COC(=O)c1ccc(S(=O)(=O)N2CCCC(C)C2CN)cc1.Cl. The van der Waals surface area contributed by atoms with Crippen LogP contribution in [0.15, 0.2) is 29.2 Å². The Hall–Kier alpha value is -1.15. The molecule has 2 rings (SSSR count). The van der Waals surface area contributed by atoms with Crippen molar-refractivity contribution in [3.63, 3.8) is 0 Å². The van der Waals surface area contributed by atoms with E-state index in [0.717, 1.165) is 12.8 Å². The lowest BCUT2D eigenvalue weighted by Crippen LogP contribution is -2.51. The molecular formula is C15H23ClN2O4S. The van der Waals surface area contributed by atoms with Crippen LogP contribution in [0.4, 0.5) is 0 Å². The third-order valence-electron chi connectivity index (χ3n) is 4.19. The second-order valence-corrected chi connectivity index (χ2v) is 7.44. The van der Waals surface area contributed by atoms with Gasteiger partial charge in [-0.2, -0.15) is 4.31 Å². The van der Waals surface area contributed by atoms with Gasteiger partial charge < -0.3 is 10.5 Å². The third kappa shape index (κ3) is 4.03. The van der Waals surface area contributed by atoms with Crippen molar-refractivity contribution < 1.29 is 17.9 Å². The minimum atomic E-state index is -3.60. The number of halogens is 1. The van der Waals surface area contributed by atoms with Crippen LogP contribution in [0.25, 0.3) is 0 Å². The van der Waals surface area contributed by atoms with Crippen molar-refractivity contribution >= 4 is 28.4 Å². The van der Waals surface area contributed by atoms with Crippen molar-refractivity contribution in [1.29, 1.82) is 0 Å². The maximum atomic E-state index is 12.8. The highest BCUT2D eigenvalue weighted by Crippen LogP contribution is 2.28. The predicted octanol–water partition coefficient (Wildman–Crippen LogP) is 1.64. The lowest BCUT2D eigenvalue weighted by molar-refractivity contribution is 0.0600. The molecule has 8 heteroatoms. The Balaban J connectivity index is 0.00000264. The largest absolute Gasteiger partial charge is 0.465 e. The van der Waals surface area contributed by atoms with Gasteiger partial charge in [-0.3, -0.25) is 0 Å². The van der Waals surface area contributed by atoms with Gasteiger partial charge in [0, 0.05) is 19.1 Å². The topological polar surface area (TPSA) is 89.7 Å². The van der Waals surface area contributed by atoms with Gasteiger partial charge in [-0.1, -0.05) is 6.92 Å². The average Bonchev–Trinajstić information content (AvgIpc) is 2.54. The predicted molar refractivity (Wildman–Crippen MR) is 90.2 cm³/mol. The number of hydrogen-bond donors (Lipinski definition) is 1. The fourth-order valence-electron chi connectivity index (χ4n) is 2.88. The molecule has 1 heterocycles. The first-order chi connectivity index (χ1) is 10.4. The number of hydrogen-bond acceptors (Lipinski definition) is 5. The van der Waals surface area contributed by atoms with E-state index in [-0.39, 0.29) is 29.3 Å². The molecule has 2 unspecified atom stereocenters. The zero-order chi connectivity index (χ0) is 16.3. The fraction of sp³-hybridized carbons (Fsp3) is 0.533. The van der Waals surface area contributed by atoms with Crippen molar-refractivity contribution in [3.8, 4) is 0 Å². The molecule has 0 saturated carbocycles. The third-order valence-corrected chi connectivity index (χ3v) is 6.13. The van der Waals surface area contributed by atoms with E-state index in [1.165, 1.54) is 35.7 Å². The van der Waals surface area contributed by atoms with Crippen LogP contribution in [0.2, 0.25) is 0 Å². The number of methoxy groups -OCH3 is 1. The molecule has 1 aromatic carbocycles. The van der Waals surface area contributed by atoms with Crippen LogP contribution >= 0.6 is 12.4 Å². The highest BCUT2D eigenvalue weighted by molar-refractivity contribution is 7.89. The van der Waals surface area contributed by atoms with E-state index in [2.05, 4.69) is 4.74 Å². The summed E-state index contributed by atoms with van der Waals surface area (Å²) in [6, 6.07) is 5.62. The molecule has 1 saturated heterocycles. The summed E-state index contributed by atoms with van der Waals surface area (Å²) in [6.45, 7) is 2.81. The van der Waals surface area contributed by atoms with Crippen molar-refractivity contribution in [2.24, 2.45) is 11.7 Å². The van der Waals surface area contributed by atoms with Gasteiger partial charge in [0.25, 0.3) is 0 Å². The molecule has 0 radical (unpaired) electrons. The molecule has 6 nitrogen and oxygen atoms in total. The van der Waals surface area contributed by atoms with Crippen LogP contribution in [0, 0.1) is 5.92 Å². The molecule has 0 aromatic heterocycles. The Morgan fingerprint density at radius 2 is 1.96 bits per heavy atom. The minimum absolute atomic E-state index is 0. The van der Waals surface area contributed by atoms with E-state index in [0.29, 0.717) is 18.7 Å². The van der Waals surface area contributed by atoms with Crippen molar-refractivity contribution in [1.82, 2.24) is 4.31 Å². The van der Waals surface area contributed by atoms with Crippen molar-refractivity contribution in [2.75, 3.05) is 20.2 Å². The first-order valence-electron chi connectivity index (χ1n) is 7.32. The van der Waals surface area contributed by atoms with E-state index >= 15 is 0 Å². The molecule has 2 atom stereocenters. The molecule has 1 aromatic rings. The highest BCUT2D eigenvalue weighted by atomic mass is 35.5. The molecule has 130 valence electrons. The first kappa shape index (κ1) is 19.9. The first-order valence-corrected chi connectivity index (χ1v) is 8.76. The number of piperidine rings is 1. The van der Waals surface area contributed by atoms with Crippen LogP contribution < -0.4 is 5.73 Å². The average molecular weight is 363 g/mol. The maximum Gasteiger partial charge on any atom is 0.337 e. The number of carbonyl (C=O) groups excluding carboxylic acids is 1. The summed E-state index contributed by atoms with van der Waals surface area (Å²) >= 11 is 0. The maximum absolute atomic E-state index is 12.8. The highest BCUT2D eigenvalue weighted by Gasteiger charge is 2.36. The summed E-state index contributed by atoms with van der Waals surface area (Å²) in [4.78, 5) is 11.6. The molecule has 1 aliphatic heterocycles. The van der Waals surface area contributed by atoms with E-state index in [4.69, 9.17) is 5.73 Å². The Morgan fingerprint density at radius 1 is 1.35 bits per heavy atom. The van der Waals surface area contributed by atoms with Crippen molar-refractivity contribution in [2.45, 2.75) is 30.7 Å². The quantitative estimate of drug-likeness (QED) is 0.822. The molecule has 0 spiro atoms. The van der Waals surface area contributed by atoms with Crippen LogP contribution in [-0.4, -0.2) is 44.9 Å². The van der Waals surface area contributed by atoms with E-state index in [1.54, 1.807) is 0 Å². The molecule has 0 bridgehead atoms. The molecule has 23 heavy (non-hydrogen) atoms. The van der Waals surface area contributed by atoms with Crippen LogP contribution in [0.1, 0.15) is 30.1 Å². The van der Waals surface area contributed by atoms with Gasteiger partial charge >= 0.3 is 5.97 Å². The monoisotopic (exact) mass is 362 g/mol. The number of sulfonamides is 1. The van der Waals surface area contributed by atoms with Gasteiger partial charge in [-0.25, -0.2) is 13.2 Å². The molecule has 2 N–H and O–H groups in total. The number of rotatable bonds is 4. The number of esters is 1. The smallest absolute Gasteiger partial charge is 0.337 e. The lowest BCUT2D eigenvalue weighted by atomic mass is 9.93. The molecule has 1 aliphatic rings. The lowest BCUT2D eigenvalue weighted by Gasteiger charge is -2.38. The van der Waals surface area contributed by atoms with Gasteiger partial charge in [-0.15, -0.1) is 12.4 Å². The van der Waals surface area contributed by atoms with E-state index < -0.39 is 16.0 Å². The number of nitrogens with two attached hydrogens (primary N) is 1.